The van der Waals surface area contributed by atoms with Crippen LogP contribution in [0.4, 0.5) is 0 Å². The highest BCUT2D eigenvalue weighted by atomic mass is 16.8. The molecule has 3 heteroatoms. The summed E-state index contributed by atoms with van der Waals surface area (Å²) >= 11 is 0. The number of allylic oxidation sites excluding steroid dienone is 8. The Bertz CT molecular complexity index is 809. The van der Waals surface area contributed by atoms with Crippen LogP contribution in [0.1, 0.15) is 200 Å². The van der Waals surface area contributed by atoms with Crippen LogP contribution in [0.2, 0.25) is 0 Å². The lowest BCUT2D eigenvalue weighted by Crippen LogP contribution is -2.35. The lowest BCUT2D eigenvalue weighted by Gasteiger charge is -2.31. The molecular weight excluding hydrogens is 599 g/mol. The van der Waals surface area contributed by atoms with Crippen molar-refractivity contribution < 1.29 is 9.47 Å². The quantitative estimate of drug-likeness (QED) is 0.0521. The third-order valence-corrected chi connectivity index (χ3v) is 10.7. The number of hydrogen-bond donors (Lipinski definition) is 0. The first-order valence-electron chi connectivity index (χ1n) is 21.7. The van der Waals surface area contributed by atoms with Gasteiger partial charge in [-0.05, 0) is 116 Å². The lowest BCUT2D eigenvalue weighted by atomic mass is 9.85. The van der Waals surface area contributed by atoms with Crippen molar-refractivity contribution >= 4 is 0 Å². The second kappa shape index (κ2) is 30.5. The molecule has 0 aromatic rings. The van der Waals surface area contributed by atoms with E-state index in [1.165, 1.54) is 167 Å². The highest BCUT2D eigenvalue weighted by Crippen LogP contribution is 2.44. The minimum atomic E-state index is -0.313. The van der Waals surface area contributed by atoms with Gasteiger partial charge in [0.15, 0.2) is 5.79 Å². The summed E-state index contributed by atoms with van der Waals surface area (Å²) in [5.74, 6) is 0.437. The Kier molecular flexibility index (Phi) is 27.4. The minimum Gasteiger partial charge on any atom is -0.344 e. The van der Waals surface area contributed by atoms with E-state index in [0.717, 1.165) is 31.6 Å². The molecule has 0 aromatic heterocycles. The minimum absolute atomic E-state index is 0.313. The Hall–Kier alpha value is -1.16. The van der Waals surface area contributed by atoms with Gasteiger partial charge in [0.25, 0.3) is 0 Å². The molecule has 0 radical (unpaired) electrons. The lowest BCUT2D eigenvalue weighted by molar-refractivity contribution is -0.186. The molecule has 2 rings (SSSR count). The van der Waals surface area contributed by atoms with Gasteiger partial charge in [0.2, 0.25) is 0 Å². The molecule has 3 atom stereocenters. The Balaban J connectivity index is 1.61. The molecule has 0 bridgehead atoms. The van der Waals surface area contributed by atoms with Gasteiger partial charge in [-0.2, -0.15) is 0 Å². The summed E-state index contributed by atoms with van der Waals surface area (Å²) < 4.78 is 13.8. The molecule has 3 unspecified atom stereocenters. The molecule has 0 N–H and O–H groups in total. The van der Waals surface area contributed by atoms with Crippen LogP contribution < -0.4 is 0 Å². The molecule has 49 heavy (non-hydrogen) atoms. The molecule has 1 heterocycles. The van der Waals surface area contributed by atoms with Gasteiger partial charge < -0.3 is 14.4 Å². The molecule has 2 fully saturated rings. The first-order valence-corrected chi connectivity index (χ1v) is 21.7. The summed E-state index contributed by atoms with van der Waals surface area (Å²) in [4.78, 5) is 2.35. The van der Waals surface area contributed by atoms with Crippen LogP contribution in [0.3, 0.4) is 0 Å². The number of fused-ring (bicyclic) bond motifs is 1. The molecule has 3 nitrogen and oxygen atoms in total. The fraction of sp³-hybridized carbons (Fsp3) is 0.826. The van der Waals surface area contributed by atoms with E-state index in [4.69, 9.17) is 9.47 Å². The Labute approximate surface area is 306 Å². The molecule has 0 aromatic carbocycles. The van der Waals surface area contributed by atoms with Crippen LogP contribution in [0.15, 0.2) is 48.6 Å². The van der Waals surface area contributed by atoms with Gasteiger partial charge in [0.05, 0.1) is 12.2 Å². The molecule has 2 aliphatic rings. The van der Waals surface area contributed by atoms with E-state index in [0.29, 0.717) is 12.2 Å². The van der Waals surface area contributed by atoms with Gasteiger partial charge in [-0.25, -0.2) is 0 Å². The van der Waals surface area contributed by atoms with Crippen molar-refractivity contribution in [2.24, 2.45) is 5.92 Å². The smallest absolute Gasteiger partial charge is 0.169 e. The van der Waals surface area contributed by atoms with E-state index in [1.54, 1.807) is 0 Å². The van der Waals surface area contributed by atoms with Crippen molar-refractivity contribution in [2.75, 3.05) is 20.6 Å². The number of unbranched alkanes of at least 4 members (excludes halogenated alkanes) is 18. The van der Waals surface area contributed by atoms with E-state index >= 15 is 0 Å². The van der Waals surface area contributed by atoms with E-state index in [2.05, 4.69) is 81.5 Å². The molecule has 0 amide bonds. The maximum atomic E-state index is 6.95. The summed E-state index contributed by atoms with van der Waals surface area (Å²) in [6.07, 6.45) is 56.5. The van der Waals surface area contributed by atoms with Gasteiger partial charge in [-0.1, -0.05) is 140 Å². The van der Waals surface area contributed by atoms with Crippen molar-refractivity contribution in [1.82, 2.24) is 4.90 Å². The first-order chi connectivity index (χ1) is 24.1. The van der Waals surface area contributed by atoms with Gasteiger partial charge in [0, 0.05) is 19.4 Å². The average Bonchev–Trinajstić information content (AvgIpc) is 3.45. The fourth-order valence-electron chi connectivity index (χ4n) is 7.83. The summed E-state index contributed by atoms with van der Waals surface area (Å²) in [6.45, 7) is 5.72. The molecule has 284 valence electrons. The van der Waals surface area contributed by atoms with Crippen molar-refractivity contribution in [1.29, 1.82) is 0 Å². The van der Waals surface area contributed by atoms with Crippen molar-refractivity contribution in [3.63, 3.8) is 0 Å². The summed E-state index contributed by atoms with van der Waals surface area (Å²) in [5.41, 5.74) is 0. The summed E-state index contributed by atoms with van der Waals surface area (Å²) in [5, 5.41) is 0. The maximum Gasteiger partial charge on any atom is 0.169 e. The third kappa shape index (κ3) is 23.1. The number of nitrogens with zero attached hydrogens (tertiary/aromatic N) is 1. The third-order valence-electron chi connectivity index (χ3n) is 10.7. The predicted octanol–water partition coefficient (Wildman–Crippen LogP) is 14.2. The number of ether oxygens (including phenoxy) is 2. The number of rotatable bonds is 32. The van der Waals surface area contributed by atoms with E-state index in [-0.39, 0.29) is 5.79 Å². The van der Waals surface area contributed by atoms with Crippen molar-refractivity contribution in [3.05, 3.63) is 48.6 Å². The van der Waals surface area contributed by atoms with E-state index in [1.807, 2.05) is 0 Å². The topological polar surface area (TPSA) is 21.7 Å². The predicted molar refractivity (Wildman–Crippen MR) is 216 cm³/mol. The Morgan fingerprint density at radius 2 is 0.898 bits per heavy atom. The van der Waals surface area contributed by atoms with Crippen molar-refractivity contribution in [2.45, 2.75) is 218 Å². The fourth-order valence-corrected chi connectivity index (χ4v) is 7.83. The van der Waals surface area contributed by atoms with Gasteiger partial charge >= 0.3 is 0 Å². The second-order valence-electron chi connectivity index (χ2n) is 15.8. The van der Waals surface area contributed by atoms with E-state index < -0.39 is 0 Å². The van der Waals surface area contributed by atoms with E-state index in [9.17, 15) is 0 Å². The number of hydrogen-bond acceptors (Lipinski definition) is 3. The zero-order valence-electron chi connectivity index (χ0n) is 33.3. The maximum absolute atomic E-state index is 6.95. The molecule has 1 saturated heterocycles. The highest BCUT2D eigenvalue weighted by Gasteiger charge is 2.48. The molecular formula is C46H83NO2. The van der Waals surface area contributed by atoms with Gasteiger partial charge in [-0.3, -0.25) is 0 Å². The van der Waals surface area contributed by atoms with Crippen molar-refractivity contribution in [3.8, 4) is 0 Å². The zero-order valence-corrected chi connectivity index (χ0v) is 33.3. The van der Waals surface area contributed by atoms with Crippen LogP contribution in [-0.4, -0.2) is 43.5 Å². The zero-order chi connectivity index (χ0) is 35.1. The standard InChI is InChI=1S/C46H83NO2/c1-5-7-9-11-13-15-17-19-21-23-25-27-29-31-33-35-39-46(48-44-38-37-43(42-47(3)4)41-45(44)49-46)40-36-34-32-30-28-26-24-22-20-18-16-14-12-10-8-6-2/h13-16,19-22,43-45H,5-12,17-18,23-42H2,1-4H3/b15-13-,16-14-,21-19-,22-20-. The molecule has 1 aliphatic carbocycles. The largest absolute Gasteiger partial charge is 0.344 e. The molecule has 1 aliphatic heterocycles. The SMILES string of the molecule is CCCCC/C=C\C/C=C\CCCCCCCCC1(CCCCCCCC/C=C\C/C=C\CCCCC)OC2CCC(CN(C)C)CC2O1. The Morgan fingerprint density at radius 1 is 0.490 bits per heavy atom. The average molecular weight is 682 g/mol. The molecule has 1 saturated carbocycles. The first kappa shape index (κ1) is 44.0. The summed E-state index contributed by atoms with van der Waals surface area (Å²) in [7, 11) is 4.42. The monoisotopic (exact) mass is 682 g/mol. The highest BCUT2D eigenvalue weighted by molar-refractivity contribution is 4.94. The second-order valence-corrected chi connectivity index (χ2v) is 15.8. The van der Waals surface area contributed by atoms with Crippen LogP contribution >= 0.6 is 0 Å². The van der Waals surface area contributed by atoms with Crippen LogP contribution in [0.25, 0.3) is 0 Å². The van der Waals surface area contributed by atoms with Crippen LogP contribution in [0.5, 0.6) is 0 Å². The Morgan fingerprint density at radius 3 is 1.35 bits per heavy atom. The van der Waals surface area contributed by atoms with Crippen LogP contribution in [-0.2, 0) is 9.47 Å². The van der Waals surface area contributed by atoms with Gasteiger partial charge in [0.1, 0.15) is 0 Å². The normalized spacial score (nSPS) is 21.0. The van der Waals surface area contributed by atoms with Gasteiger partial charge in [-0.15, -0.1) is 0 Å². The summed E-state index contributed by atoms with van der Waals surface area (Å²) in [6, 6.07) is 0. The molecule has 0 spiro atoms. The van der Waals surface area contributed by atoms with Crippen LogP contribution in [0, 0.1) is 5.92 Å².